The quantitative estimate of drug-likeness (QED) is 0.366. The van der Waals surface area contributed by atoms with E-state index in [9.17, 15) is 4.79 Å². The van der Waals surface area contributed by atoms with Gasteiger partial charge in [0, 0.05) is 23.0 Å². The molecule has 0 atom stereocenters. The van der Waals surface area contributed by atoms with Crippen molar-refractivity contribution in [1.29, 1.82) is 0 Å². The van der Waals surface area contributed by atoms with E-state index in [2.05, 4.69) is 10.3 Å². The molecule has 0 radical (unpaired) electrons. The lowest BCUT2D eigenvalue weighted by Crippen LogP contribution is -2.19. The molecule has 0 aliphatic carbocycles. The lowest BCUT2D eigenvalue weighted by Gasteiger charge is -2.10. The number of rotatable bonds is 7. The van der Waals surface area contributed by atoms with Gasteiger partial charge in [-0.3, -0.25) is 4.79 Å². The van der Waals surface area contributed by atoms with Crippen LogP contribution >= 0.6 is 11.6 Å². The van der Waals surface area contributed by atoms with Gasteiger partial charge in [0.1, 0.15) is 12.4 Å². The molecular formula is C26H25ClN2O2. The SMILES string of the molecule is CNC(=O)/C(=C/C(C)=C/C=C(\C)Cl)c1ccc(OCc2ccc3ccccc3n2)cc1. The highest BCUT2D eigenvalue weighted by atomic mass is 35.5. The molecule has 0 spiro atoms. The fraction of sp³-hybridized carbons (Fsp3) is 0.154. The second-order valence-corrected chi connectivity index (χ2v) is 7.71. The van der Waals surface area contributed by atoms with E-state index in [0.29, 0.717) is 23.0 Å². The smallest absolute Gasteiger partial charge is 0.251 e. The molecule has 3 aromatic rings. The van der Waals surface area contributed by atoms with Crippen molar-refractivity contribution < 1.29 is 9.53 Å². The van der Waals surface area contributed by atoms with Crippen LogP contribution in [0.3, 0.4) is 0 Å². The van der Waals surface area contributed by atoms with Gasteiger partial charge in [0.15, 0.2) is 0 Å². The molecule has 158 valence electrons. The zero-order valence-electron chi connectivity index (χ0n) is 17.9. The van der Waals surface area contributed by atoms with E-state index in [-0.39, 0.29) is 5.91 Å². The van der Waals surface area contributed by atoms with Crippen LogP contribution < -0.4 is 10.1 Å². The van der Waals surface area contributed by atoms with E-state index in [1.807, 2.05) is 79.7 Å². The third kappa shape index (κ3) is 6.30. The molecule has 0 bridgehead atoms. The first-order valence-corrected chi connectivity index (χ1v) is 10.4. The van der Waals surface area contributed by atoms with Crippen LogP contribution in [0.4, 0.5) is 0 Å². The van der Waals surface area contributed by atoms with Crippen molar-refractivity contribution in [2.45, 2.75) is 20.5 Å². The van der Waals surface area contributed by atoms with Gasteiger partial charge in [-0.15, -0.1) is 0 Å². The molecule has 0 aliphatic rings. The first-order chi connectivity index (χ1) is 15.0. The number of nitrogens with zero attached hydrogens (tertiary/aromatic N) is 1. The Kier molecular flexibility index (Phi) is 7.63. The zero-order chi connectivity index (χ0) is 22.2. The monoisotopic (exact) mass is 432 g/mol. The molecule has 5 heteroatoms. The van der Waals surface area contributed by atoms with Gasteiger partial charge >= 0.3 is 0 Å². The molecule has 2 aromatic carbocycles. The summed E-state index contributed by atoms with van der Waals surface area (Å²) in [6, 6.07) is 19.5. The number of halogens is 1. The number of carbonyl (C=O) groups excluding carboxylic acids is 1. The van der Waals surface area contributed by atoms with Crippen LogP contribution in [0.15, 0.2) is 89.5 Å². The van der Waals surface area contributed by atoms with Gasteiger partial charge in [-0.1, -0.05) is 59.6 Å². The molecule has 1 N–H and O–H groups in total. The minimum Gasteiger partial charge on any atom is -0.487 e. The molecule has 1 heterocycles. The highest BCUT2D eigenvalue weighted by Crippen LogP contribution is 2.22. The molecule has 0 saturated carbocycles. The molecule has 0 fully saturated rings. The second-order valence-electron chi connectivity index (χ2n) is 7.11. The standard InChI is InChI=1S/C26H25ClN2O2/c1-18(8-9-19(2)27)16-24(26(30)28-3)20-11-14-23(15-12-20)31-17-22-13-10-21-6-4-5-7-25(21)29-22/h4-16H,17H2,1-3H3,(H,28,30)/b18-8+,19-9+,24-16+. The van der Waals surface area contributed by atoms with Crippen molar-refractivity contribution in [2.24, 2.45) is 0 Å². The average Bonchev–Trinajstić information content (AvgIpc) is 2.79. The van der Waals surface area contributed by atoms with Crippen LogP contribution in [0.25, 0.3) is 16.5 Å². The van der Waals surface area contributed by atoms with Crippen molar-refractivity contribution in [2.75, 3.05) is 7.05 Å². The Bertz CT molecular complexity index is 1160. The highest BCUT2D eigenvalue weighted by molar-refractivity contribution is 6.29. The number of ether oxygens (including phenoxy) is 1. The predicted octanol–water partition coefficient (Wildman–Crippen LogP) is 6.03. The lowest BCUT2D eigenvalue weighted by molar-refractivity contribution is -0.115. The number of hydrogen-bond acceptors (Lipinski definition) is 3. The Labute approximate surface area is 187 Å². The summed E-state index contributed by atoms with van der Waals surface area (Å²) in [6.07, 6.45) is 5.51. The lowest BCUT2D eigenvalue weighted by atomic mass is 10.0. The van der Waals surface area contributed by atoms with Crippen LogP contribution in [0.2, 0.25) is 0 Å². The third-order valence-corrected chi connectivity index (χ3v) is 4.75. The number of fused-ring (bicyclic) bond motifs is 1. The van der Waals surface area contributed by atoms with Crippen molar-refractivity contribution in [3.05, 3.63) is 101 Å². The minimum atomic E-state index is -0.159. The molecule has 0 unspecified atom stereocenters. The number of nitrogens with one attached hydrogen (secondary N) is 1. The Balaban J connectivity index is 1.75. The summed E-state index contributed by atoms with van der Waals surface area (Å²) in [5.41, 5.74) is 4.09. The Hall–Kier alpha value is -3.37. The summed E-state index contributed by atoms with van der Waals surface area (Å²) in [4.78, 5) is 17.0. The first kappa shape index (κ1) is 22.3. The molecule has 31 heavy (non-hydrogen) atoms. The molecular weight excluding hydrogens is 408 g/mol. The van der Waals surface area contributed by atoms with Crippen LogP contribution in [-0.4, -0.2) is 17.9 Å². The number of hydrogen-bond donors (Lipinski definition) is 1. The summed E-state index contributed by atoms with van der Waals surface area (Å²) < 4.78 is 5.89. The number of para-hydroxylation sites is 1. The van der Waals surface area contributed by atoms with Crippen molar-refractivity contribution in [3.63, 3.8) is 0 Å². The third-order valence-electron chi connectivity index (χ3n) is 4.63. The van der Waals surface area contributed by atoms with Crippen molar-refractivity contribution in [1.82, 2.24) is 10.3 Å². The summed E-state index contributed by atoms with van der Waals surface area (Å²) in [5.74, 6) is 0.552. The minimum absolute atomic E-state index is 0.159. The van der Waals surface area contributed by atoms with Crippen molar-refractivity contribution in [3.8, 4) is 5.75 Å². The van der Waals surface area contributed by atoms with Gasteiger partial charge in [-0.2, -0.15) is 0 Å². The topological polar surface area (TPSA) is 51.2 Å². The van der Waals surface area contributed by atoms with E-state index in [4.69, 9.17) is 16.3 Å². The van der Waals surface area contributed by atoms with Crippen LogP contribution in [-0.2, 0) is 11.4 Å². The number of allylic oxidation sites excluding steroid dienone is 5. The Morgan fingerprint density at radius 2 is 1.77 bits per heavy atom. The molecule has 0 saturated heterocycles. The second kappa shape index (κ2) is 10.6. The van der Waals surface area contributed by atoms with Crippen LogP contribution in [0.5, 0.6) is 5.75 Å². The molecule has 1 aromatic heterocycles. The Morgan fingerprint density at radius 1 is 1.03 bits per heavy atom. The summed E-state index contributed by atoms with van der Waals surface area (Å²) in [5, 5.41) is 4.47. The van der Waals surface area contributed by atoms with E-state index < -0.39 is 0 Å². The first-order valence-electron chi connectivity index (χ1n) is 9.98. The molecule has 3 rings (SSSR count). The van der Waals surface area contributed by atoms with E-state index in [0.717, 1.165) is 27.7 Å². The van der Waals surface area contributed by atoms with E-state index >= 15 is 0 Å². The normalized spacial score (nSPS) is 12.7. The molecule has 0 aliphatic heterocycles. The molecule has 4 nitrogen and oxygen atoms in total. The summed E-state index contributed by atoms with van der Waals surface area (Å²) in [7, 11) is 1.62. The Morgan fingerprint density at radius 3 is 2.48 bits per heavy atom. The van der Waals surface area contributed by atoms with Gasteiger partial charge in [0.2, 0.25) is 0 Å². The summed E-state index contributed by atoms with van der Waals surface area (Å²) >= 11 is 5.88. The summed E-state index contributed by atoms with van der Waals surface area (Å²) in [6.45, 7) is 4.10. The zero-order valence-corrected chi connectivity index (χ0v) is 18.6. The number of pyridine rings is 1. The van der Waals surface area contributed by atoms with E-state index in [1.165, 1.54) is 0 Å². The number of carbonyl (C=O) groups is 1. The van der Waals surface area contributed by atoms with Crippen LogP contribution in [0, 0.1) is 0 Å². The maximum atomic E-state index is 12.4. The number of amides is 1. The average molecular weight is 433 g/mol. The van der Waals surface area contributed by atoms with Gasteiger partial charge in [0.05, 0.1) is 11.2 Å². The largest absolute Gasteiger partial charge is 0.487 e. The van der Waals surface area contributed by atoms with E-state index in [1.54, 1.807) is 20.0 Å². The fourth-order valence-corrected chi connectivity index (χ4v) is 3.08. The molecule has 1 amide bonds. The maximum absolute atomic E-state index is 12.4. The van der Waals surface area contributed by atoms with Crippen molar-refractivity contribution >= 4 is 34.0 Å². The maximum Gasteiger partial charge on any atom is 0.251 e. The van der Waals surface area contributed by atoms with Gasteiger partial charge < -0.3 is 10.1 Å². The van der Waals surface area contributed by atoms with Crippen LogP contribution in [0.1, 0.15) is 25.1 Å². The highest BCUT2D eigenvalue weighted by Gasteiger charge is 2.11. The number of aromatic nitrogens is 1. The fourth-order valence-electron chi connectivity index (χ4n) is 3.01. The predicted molar refractivity (Wildman–Crippen MR) is 128 cm³/mol. The number of benzene rings is 2. The van der Waals surface area contributed by atoms with Gasteiger partial charge in [-0.25, -0.2) is 4.98 Å². The van der Waals surface area contributed by atoms with Gasteiger partial charge in [0.25, 0.3) is 5.91 Å². The van der Waals surface area contributed by atoms with Gasteiger partial charge in [-0.05, 0) is 55.8 Å². The number of likely N-dealkylation sites (N-methyl/N-ethyl adjacent to an activating group) is 1.